The van der Waals surface area contributed by atoms with Gasteiger partial charge >= 0.3 is 0 Å². The van der Waals surface area contributed by atoms with Gasteiger partial charge in [-0.25, -0.2) is 0 Å². The molecule has 3 aliphatic rings. The van der Waals surface area contributed by atoms with Crippen molar-refractivity contribution in [1.29, 1.82) is 0 Å². The lowest BCUT2D eigenvalue weighted by molar-refractivity contribution is -0.0216. The molecule has 3 aliphatic heterocycles. The average Bonchev–Trinajstić information content (AvgIpc) is 3.31. The second-order valence-electron chi connectivity index (χ2n) is 9.87. The molecular formula is C26H32O3Si. The van der Waals surface area contributed by atoms with Crippen molar-refractivity contribution in [2.75, 3.05) is 0 Å². The maximum atomic E-state index is 7.42. The Bertz CT molecular complexity index is 850. The summed E-state index contributed by atoms with van der Waals surface area (Å²) in [6.07, 6.45) is 8.37. The first-order chi connectivity index (χ1) is 14.5. The summed E-state index contributed by atoms with van der Waals surface area (Å²) in [6, 6.07) is 21.8. The predicted molar refractivity (Wildman–Crippen MR) is 123 cm³/mol. The van der Waals surface area contributed by atoms with Crippen molar-refractivity contribution in [1.82, 2.24) is 0 Å². The van der Waals surface area contributed by atoms with E-state index in [0.717, 1.165) is 19.3 Å². The lowest BCUT2D eigenvalue weighted by Gasteiger charge is -2.46. The van der Waals surface area contributed by atoms with E-state index in [4.69, 9.17) is 13.9 Å². The normalized spacial score (nSPS) is 30.8. The molecule has 0 aliphatic carbocycles. The average molecular weight is 421 g/mol. The third-order valence-corrected chi connectivity index (χ3v) is 11.9. The summed E-state index contributed by atoms with van der Waals surface area (Å²) in [5, 5.41) is 2.59. The highest BCUT2D eigenvalue weighted by molar-refractivity contribution is 6.99. The number of ether oxygens (including phenoxy) is 2. The zero-order valence-corrected chi connectivity index (χ0v) is 19.2. The molecule has 158 valence electrons. The van der Waals surface area contributed by atoms with Crippen LogP contribution in [0.1, 0.15) is 40.0 Å². The Morgan fingerprint density at radius 1 is 0.800 bits per heavy atom. The number of hydrogen-bond acceptors (Lipinski definition) is 3. The maximum absolute atomic E-state index is 7.42. The summed E-state index contributed by atoms with van der Waals surface area (Å²) >= 11 is 0. The third-order valence-electron chi connectivity index (χ3n) is 6.85. The molecule has 0 unspecified atom stereocenters. The Hall–Kier alpha value is -1.72. The third kappa shape index (κ3) is 3.60. The Balaban J connectivity index is 1.60. The molecule has 2 aromatic carbocycles. The molecule has 3 nitrogen and oxygen atoms in total. The highest BCUT2D eigenvalue weighted by Gasteiger charge is 2.54. The van der Waals surface area contributed by atoms with Gasteiger partial charge in [-0.05, 0) is 28.3 Å². The fourth-order valence-electron chi connectivity index (χ4n) is 5.27. The number of fused-ring (bicyclic) bond motifs is 3. The molecule has 0 N–H and O–H groups in total. The second kappa shape index (κ2) is 7.76. The summed E-state index contributed by atoms with van der Waals surface area (Å²) in [7, 11) is -2.61. The molecule has 0 spiro atoms. The molecule has 0 amide bonds. The van der Waals surface area contributed by atoms with Crippen LogP contribution < -0.4 is 10.4 Å². The summed E-state index contributed by atoms with van der Waals surface area (Å²) in [4.78, 5) is 0. The molecule has 5 atom stereocenters. The standard InChI is InChI=1S/C26H32O3Si/c1-26(2,3)30(20-10-6-4-7-11-20,21-12-8-5-9-13-21)29-25-18-24-22(28-24)16-14-19-15-17-23(25)27-19/h4-13,15,17,19,22-25H,14,16,18H2,1-3H3/t19-,22-,23-,24+,25+/m1/s1. The zero-order valence-electron chi connectivity index (χ0n) is 18.2. The summed E-state index contributed by atoms with van der Waals surface area (Å²) in [5.41, 5.74) is 0. The van der Waals surface area contributed by atoms with Gasteiger partial charge in [-0.1, -0.05) is 93.6 Å². The minimum Gasteiger partial charge on any atom is -0.401 e. The summed E-state index contributed by atoms with van der Waals surface area (Å²) < 4.78 is 19.9. The van der Waals surface area contributed by atoms with Crippen LogP contribution in [0.4, 0.5) is 0 Å². The highest BCUT2D eigenvalue weighted by Crippen LogP contribution is 2.42. The molecule has 4 heteroatoms. The van der Waals surface area contributed by atoms with Crippen LogP contribution in [-0.2, 0) is 13.9 Å². The van der Waals surface area contributed by atoms with E-state index in [-0.39, 0.29) is 23.4 Å². The van der Waals surface area contributed by atoms with E-state index in [1.54, 1.807) is 0 Å². The molecule has 2 aromatic rings. The quantitative estimate of drug-likeness (QED) is 0.422. The van der Waals surface area contributed by atoms with Crippen molar-refractivity contribution in [3.8, 4) is 0 Å². The van der Waals surface area contributed by atoms with Gasteiger partial charge in [0.15, 0.2) is 0 Å². The Morgan fingerprint density at radius 2 is 1.43 bits per heavy atom. The lowest BCUT2D eigenvalue weighted by Crippen LogP contribution is -2.68. The van der Waals surface area contributed by atoms with Crippen molar-refractivity contribution in [3.05, 3.63) is 72.8 Å². The topological polar surface area (TPSA) is 31.0 Å². The fraction of sp³-hybridized carbons (Fsp3) is 0.462. The van der Waals surface area contributed by atoms with E-state index in [1.165, 1.54) is 10.4 Å². The van der Waals surface area contributed by atoms with Gasteiger partial charge in [0.05, 0.1) is 24.4 Å². The van der Waals surface area contributed by atoms with Crippen LogP contribution in [0, 0.1) is 0 Å². The highest BCUT2D eigenvalue weighted by atomic mass is 28.4. The van der Waals surface area contributed by atoms with E-state index in [2.05, 4.69) is 93.6 Å². The van der Waals surface area contributed by atoms with Crippen LogP contribution in [0.25, 0.3) is 0 Å². The molecule has 0 aromatic heterocycles. The zero-order chi connectivity index (χ0) is 20.8. The van der Waals surface area contributed by atoms with Crippen LogP contribution in [0.15, 0.2) is 72.8 Å². The van der Waals surface area contributed by atoms with Gasteiger partial charge in [0.2, 0.25) is 0 Å². The molecule has 0 saturated carbocycles. The van der Waals surface area contributed by atoms with Crippen molar-refractivity contribution in [3.63, 3.8) is 0 Å². The van der Waals surface area contributed by atoms with E-state index in [9.17, 15) is 0 Å². The van der Waals surface area contributed by atoms with Crippen LogP contribution in [-0.4, -0.2) is 38.8 Å². The van der Waals surface area contributed by atoms with Gasteiger partial charge in [0, 0.05) is 6.42 Å². The molecule has 5 rings (SSSR count). The Labute approximate surface area is 181 Å². The van der Waals surface area contributed by atoms with E-state index >= 15 is 0 Å². The van der Waals surface area contributed by atoms with Crippen molar-refractivity contribution >= 4 is 18.7 Å². The molecular weight excluding hydrogens is 388 g/mol. The molecule has 2 bridgehead atoms. The molecule has 2 saturated heterocycles. The van der Waals surface area contributed by atoms with Gasteiger partial charge in [-0.15, -0.1) is 0 Å². The van der Waals surface area contributed by atoms with Gasteiger partial charge in [-0.3, -0.25) is 0 Å². The van der Waals surface area contributed by atoms with Gasteiger partial charge in [-0.2, -0.15) is 0 Å². The monoisotopic (exact) mass is 420 g/mol. The summed E-state index contributed by atoms with van der Waals surface area (Å²) in [5.74, 6) is 0. The first-order valence-electron chi connectivity index (χ1n) is 11.3. The molecule has 3 heterocycles. The van der Waals surface area contributed by atoms with Crippen molar-refractivity contribution in [2.24, 2.45) is 0 Å². The Morgan fingerprint density at radius 3 is 2.03 bits per heavy atom. The van der Waals surface area contributed by atoms with Gasteiger partial charge in [0.25, 0.3) is 8.32 Å². The van der Waals surface area contributed by atoms with Gasteiger partial charge in [0.1, 0.15) is 6.10 Å². The second-order valence-corrected chi connectivity index (χ2v) is 14.1. The smallest absolute Gasteiger partial charge is 0.261 e. The largest absolute Gasteiger partial charge is 0.401 e. The number of benzene rings is 2. The van der Waals surface area contributed by atoms with Crippen LogP contribution in [0.3, 0.4) is 0 Å². The first kappa shape index (κ1) is 20.2. The first-order valence-corrected chi connectivity index (χ1v) is 13.2. The number of rotatable bonds is 4. The van der Waals surface area contributed by atoms with E-state index in [0.29, 0.717) is 12.2 Å². The minimum absolute atomic E-state index is 0.000371. The fourth-order valence-corrected chi connectivity index (χ4v) is 9.97. The van der Waals surface area contributed by atoms with Crippen molar-refractivity contribution in [2.45, 2.75) is 75.6 Å². The van der Waals surface area contributed by atoms with Crippen LogP contribution in [0.2, 0.25) is 5.04 Å². The maximum Gasteiger partial charge on any atom is 0.261 e. The minimum atomic E-state index is -2.61. The Kier molecular flexibility index (Phi) is 5.22. The number of epoxide rings is 1. The van der Waals surface area contributed by atoms with Gasteiger partial charge < -0.3 is 13.9 Å². The molecule has 0 radical (unpaired) electrons. The lowest BCUT2D eigenvalue weighted by atomic mass is 10.0. The summed E-state index contributed by atoms with van der Waals surface area (Å²) in [6.45, 7) is 7.00. The van der Waals surface area contributed by atoms with E-state index < -0.39 is 8.32 Å². The predicted octanol–water partition coefficient (Wildman–Crippen LogP) is 4.21. The van der Waals surface area contributed by atoms with Crippen LogP contribution >= 0.6 is 0 Å². The molecule has 30 heavy (non-hydrogen) atoms. The SMILES string of the molecule is CC(C)(C)[Si](O[C@H]1C[C@@H]2O[C@@H]2CC[C@@H]2C=C[C@H]1O2)(c1ccccc1)c1ccccc1. The number of hydrogen-bond donors (Lipinski definition) is 0. The van der Waals surface area contributed by atoms with E-state index in [1.807, 2.05) is 0 Å². The van der Waals surface area contributed by atoms with Crippen LogP contribution in [0.5, 0.6) is 0 Å². The molecule has 2 fully saturated rings. The van der Waals surface area contributed by atoms with Crippen molar-refractivity contribution < 1.29 is 13.9 Å².